The molecule has 1 atom stereocenters. The van der Waals surface area contributed by atoms with Gasteiger partial charge in [-0.05, 0) is 5.56 Å². The molecule has 0 aromatic heterocycles. The fourth-order valence-electron chi connectivity index (χ4n) is 1.14. The van der Waals surface area contributed by atoms with Gasteiger partial charge in [0.15, 0.2) is 0 Å². The predicted molar refractivity (Wildman–Crippen MR) is 72.5 cm³/mol. The summed E-state index contributed by atoms with van der Waals surface area (Å²) in [5.41, 5.74) is 0.968. The fourth-order valence-corrected chi connectivity index (χ4v) is 1.14. The van der Waals surface area contributed by atoms with Crippen LogP contribution in [0, 0.1) is 0 Å². The first kappa shape index (κ1) is 16.6. The van der Waals surface area contributed by atoms with Crippen molar-refractivity contribution < 1.29 is 15.0 Å². The molecule has 0 fully saturated rings. The summed E-state index contributed by atoms with van der Waals surface area (Å²) in [6.07, 6.45) is -0.177. The second-order valence-corrected chi connectivity index (χ2v) is 4.24. The highest BCUT2D eigenvalue weighted by Gasteiger charge is 2.05. The molecule has 1 aromatic rings. The Morgan fingerprint density at radius 1 is 1.28 bits per heavy atom. The summed E-state index contributed by atoms with van der Waals surface area (Å²) in [6, 6.07) is 10.1. The maximum Gasteiger partial charge on any atom is 0.303 e. The lowest BCUT2D eigenvalue weighted by molar-refractivity contribution is -0.136. The molecule has 18 heavy (non-hydrogen) atoms. The largest absolute Gasteiger partial charge is 0.481 e. The molecular weight excluding hydrogens is 230 g/mol. The smallest absolute Gasteiger partial charge is 0.303 e. The van der Waals surface area contributed by atoms with E-state index >= 15 is 0 Å². The van der Waals surface area contributed by atoms with E-state index in [1.807, 2.05) is 30.3 Å². The molecule has 0 heterocycles. The third kappa shape index (κ3) is 8.73. The summed E-state index contributed by atoms with van der Waals surface area (Å²) < 4.78 is 0. The highest BCUT2D eigenvalue weighted by molar-refractivity contribution is 5.66. The van der Waals surface area contributed by atoms with Crippen molar-refractivity contribution in [1.29, 1.82) is 0 Å². The maximum absolute atomic E-state index is 9.71. The van der Waals surface area contributed by atoms with Gasteiger partial charge in [-0.1, -0.05) is 51.1 Å². The van der Waals surface area contributed by atoms with Crippen LogP contribution in [-0.4, -0.2) is 28.8 Å². The molecule has 0 radical (unpaired) electrons. The Balaban J connectivity index is 0.000000494. The Kier molecular flexibility index (Phi) is 8.88. The van der Waals surface area contributed by atoms with Crippen molar-refractivity contribution in [2.75, 3.05) is 6.54 Å². The monoisotopic (exact) mass is 253 g/mol. The maximum atomic E-state index is 9.71. The molecule has 3 N–H and O–H groups in total. The SMILES string of the molecule is CC(C)NCC(O)c1ccccc1.CCC(=O)O. The zero-order valence-corrected chi connectivity index (χ0v) is 11.3. The number of nitrogens with one attached hydrogen (secondary N) is 1. The second kappa shape index (κ2) is 9.62. The van der Waals surface area contributed by atoms with E-state index < -0.39 is 12.1 Å². The summed E-state index contributed by atoms with van der Waals surface area (Å²) in [5.74, 6) is -0.745. The average Bonchev–Trinajstić information content (AvgIpc) is 2.37. The first-order valence-corrected chi connectivity index (χ1v) is 6.15. The van der Waals surface area contributed by atoms with Gasteiger partial charge < -0.3 is 15.5 Å². The van der Waals surface area contributed by atoms with E-state index in [4.69, 9.17) is 5.11 Å². The van der Waals surface area contributed by atoms with E-state index in [2.05, 4.69) is 19.2 Å². The van der Waals surface area contributed by atoms with Crippen LogP contribution in [0.1, 0.15) is 38.9 Å². The van der Waals surface area contributed by atoms with E-state index in [1.165, 1.54) is 0 Å². The third-order valence-electron chi connectivity index (χ3n) is 2.21. The van der Waals surface area contributed by atoms with Crippen LogP contribution >= 0.6 is 0 Å². The van der Waals surface area contributed by atoms with Crippen LogP contribution in [-0.2, 0) is 4.79 Å². The minimum Gasteiger partial charge on any atom is -0.481 e. The minimum absolute atomic E-state index is 0.222. The quantitative estimate of drug-likeness (QED) is 0.752. The van der Waals surface area contributed by atoms with Crippen molar-refractivity contribution in [2.45, 2.75) is 39.3 Å². The second-order valence-electron chi connectivity index (χ2n) is 4.24. The van der Waals surface area contributed by atoms with Crippen molar-refractivity contribution in [2.24, 2.45) is 0 Å². The van der Waals surface area contributed by atoms with Gasteiger partial charge in [-0.3, -0.25) is 4.79 Å². The highest BCUT2D eigenvalue weighted by Crippen LogP contribution is 2.10. The number of aliphatic hydroxyl groups is 1. The van der Waals surface area contributed by atoms with E-state index in [0.717, 1.165) is 5.56 Å². The molecule has 1 unspecified atom stereocenters. The zero-order chi connectivity index (χ0) is 14.0. The summed E-state index contributed by atoms with van der Waals surface area (Å²) in [5, 5.41) is 20.6. The van der Waals surface area contributed by atoms with Crippen LogP contribution in [0.2, 0.25) is 0 Å². The average molecular weight is 253 g/mol. The van der Waals surface area contributed by atoms with Gasteiger partial charge >= 0.3 is 5.97 Å². The number of hydrogen-bond acceptors (Lipinski definition) is 3. The topological polar surface area (TPSA) is 69.6 Å². The molecule has 0 amide bonds. The van der Waals surface area contributed by atoms with E-state index in [0.29, 0.717) is 12.6 Å². The predicted octanol–water partition coefficient (Wildman–Crippen LogP) is 2.20. The zero-order valence-electron chi connectivity index (χ0n) is 11.3. The number of aliphatic hydroxyl groups excluding tert-OH is 1. The number of carbonyl (C=O) groups is 1. The summed E-state index contributed by atoms with van der Waals surface area (Å²) >= 11 is 0. The van der Waals surface area contributed by atoms with Crippen LogP contribution in [0.4, 0.5) is 0 Å². The lowest BCUT2D eigenvalue weighted by Crippen LogP contribution is -2.27. The number of benzene rings is 1. The number of rotatable bonds is 5. The molecule has 1 aromatic carbocycles. The van der Waals surface area contributed by atoms with Crippen LogP contribution in [0.5, 0.6) is 0 Å². The molecule has 0 spiro atoms. The Bertz CT molecular complexity index is 325. The number of aliphatic carboxylic acids is 1. The van der Waals surface area contributed by atoms with Crippen molar-refractivity contribution >= 4 is 5.97 Å². The number of hydrogen-bond donors (Lipinski definition) is 3. The van der Waals surface area contributed by atoms with Gasteiger partial charge in [-0.15, -0.1) is 0 Å². The van der Waals surface area contributed by atoms with Crippen LogP contribution < -0.4 is 5.32 Å². The molecule has 0 saturated heterocycles. The summed E-state index contributed by atoms with van der Waals surface area (Å²) in [6.45, 7) is 6.35. The van der Waals surface area contributed by atoms with Gasteiger partial charge in [-0.25, -0.2) is 0 Å². The van der Waals surface area contributed by atoms with E-state index in [1.54, 1.807) is 6.92 Å². The molecule has 0 saturated carbocycles. The fraction of sp³-hybridized carbons (Fsp3) is 0.500. The van der Waals surface area contributed by atoms with Crippen LogP contribution in [0.15, 0.2) is 30.3 Å². The van der Waals surface area contributed by atoms with Gasteiger partial charge in [0.1, 0.15) is 0 Å². The molecule has 102 valence electrons. The molecular formula is C14H23NO3. The molecule has 0 aliphatic heterocycles. The molecule has 4 heteroatoms. The van der Waals surface area contributed by atoms with Crippen molar-refractivity contribution in [3.8, 4) is 0 Å². The highest BCUT2D eigenvalue weighted by atomic mass is 16.4. The Hall–Kier alpha value is -1.39. The number of carboxylic acids is 1. The molecule has 0 bridgehead atoms. The Morgan fingerprint density at radius 3 is 2.17 bits per heavy atom. The standard InChI is InChI=1S/C11H17NO.C3H6O2/c1-9(2)12-8-11(13)10-6-4-3-5-7-10;1-2-3(4)5/h3-7,9,11-13H,8H2,1-2H3;2H2,1H3,(H,4,5). The normalized spacial score (nSPS) is 11.6. The van der Waals surface area contributed by atoms with Gasteiger partial charge in [0, 0.05) is 19.0 Å². The third-order valence-corrected chi connectivity index (χ3v) is 2.21. The summed E-state index contributed by atoms with van der Waals surface area (Å²) in [4.78, 5) is 9.37. The Morgan fingerprint density at radius 2 is 1.78 bits per heavy atom. The van der Waals surface area contributed by atoms with Gasteiger partial charge in [-0.2, -0.15) is 0 Å². The Labute approximate surface area is 109 Å². The van der Waals surface area contributed by atoms with Crippen molar-refractivity contribution in [3.63, 3.8) is 0 Å². The van der Waals surface area contributed by atoms with Gasteiger partial charge in [0.2, 0.25) is 0 Å². The van der Waals surface area contributed by atoms with E-state index in [9.17, 15) is 9.90 Å². The molecule has 0 aliphatic carbocycles. The lowest BCUT2D eigenvalue weighted by atomic mass is 10.1. The lowest BCUT2D eigenvalue weighted by Gasteiger charge is -2.13. The van der Waals surface area contributed by atoms with Crippen LogP contribution in [0.25, 0.3) is 0 Å². The number of carboxylic acid groups (broad SMARTS) is 1. The van der Waals surface area contributed by atoms with Crippen molar-refractivity contribution in [1.82, 2.24) is 5.32 Å². The van der Waals surface area contributed by atoms with Gasteiger partial charge in [0.25, 0.3) is 0 Å². The summed E-state index contributed by atoms with van der Waals surface area (Å²) in [7, 11) is 0. The molecule has 0 aliphatic rings. The van der Waals surface area contributed by atoms with Crippen molar-refractivity contribution in [3.05, 3.63) is 35.9 Å². The van der Waals surface area contributed by atoms with Crippen LogP contribution in [0.3, 0.4) is 0 Å². The first-order chi connectivity index (χ1) is 8.47. The minimum atomic E-state index is -0.745. The molecule has 1 rings (SSSR count). The first-order valence-electron chi connectivity index (χ1n) is 6.15. The van der Waals surface area contributed by atoms with Gasteiger partial charge in [0.05, 0.1) is 6.10 Å². The van der Waals surface area contributed by atoms with E-state index in [-0.39, 0.29) is 6.42 Å². The molecule has 4 nitrogen and oxygen atoms in total.